The van der Waals surface area contributed by atoms with Crippen LogP contribution in [0.15, 0.2) is 18.2 Å². The maximum Gasteiger partial charge on any atom is 0.111 e. The molecule has 0 spiro atoms. The van der Waals surface area contributed by atoms with Crippen molar-refractivity contribution in [3.63, 3.8) is 0 Å². The second kappa shape index (κ2) is 3.67. The van der Waals surface area contributed by atoms with Gasteiger partial charge < -0.3 is 5.32 Å². The van der Waals surface area contributed by atoms with Gasteiger partial charge in [0.15, 0.2) is 0 Å². The standard InChI is InChI=1S/C11H14N2S/c1-7-5-4-6-9-10(7)13-11(14-9)8(2)12-3/h4-6,8,12H,1-3H3. The van der Waals surface area contributed by atoms with Crippen LogP contribution in [0.3, 0.4) is 0 Å². The molecule has 0 amide bonds. The molecule has 2 rings (SSSR count). The van der Waals surface area contributed by atoms with Crippen LogP contribution in [0.25, 0.3) is 10.2 Å². The second-order valence-corrected chi connectivity index (χ2v) is 4.55. The summed E-state index contributed by atoms with van der Waals surface area (Å²) in [5.41, 5.74) is 2.41. The highest BCUT2D eigenvalue weighted by Crippen LogP contribution is 2.27. The summed E-state index contributed by atoms with van der Waals surface area (Å²) in [6.07, 6.45) is 0. The van der Waals surface area contributed by atoms with Gasteiger partial charge in [0.2, 0.25) is 0 Å². The van der Waals surface area contributed by atoms with Gasteiger partial charge in [-0.2, -0.15) is 0 Å². The molecule has 2 nitrogen and oxygen atoms in total. The first kappa shape index (κ1) is 9.62. The first-order valence-corrected chi connectivity index (χ1v) is 5.57. The molecule has 74 valence electrons. The third kappa shape index (κ3) is 1.53. The normalized spacial score (nSPS) is 13.4. The Kier molecular flexibility index (Phi) is 2.52. The van der Waals surface area contributed by atoms with E-state index in [4.69, 9.17) is 0 Å². The average molecular weight is 206 g/mol. The van der Waals surface area contributed by atoms with Gasteiger partial charge in [0, 0.05) is 0 Å². The molecule has 0 bridgehead atoms. The molecule has 0 saturated heterocycles. The number of hydrogen-bond acceptors (Lipinski definition) is 3. The van der Waals surface area contributed by atoms with Crippen LogP contribution in [-0.2, 0) is 0 Å². The van der Waals surface area contributed by atoms with E-state index in [1.807, 2.05) is 7.05 Å². The lowest BCUT2D eigenvalue weighted by Gasteiger charge is -2.03. The smallest absolute Gasteiger partial charge is 0.111 e. The first-order chi connectivity index (χ1) is 6.72. The van der Waals surface area contributed by atoms with Crippen molar-refractivity contribution in [1.29, 1.82) is 0 Å². The maximum absolute atomic E-state index is 4.64. The van der Waals surface area contributed by atoms with Crippen LogP contribution >= 0.6 is 11.3 Å². The van der Waals surface area contributed by atoms with E-state index in [1.165, 1.54) is 10.3 Å². The number of nitrogens with one attached hydrogen (secondary N) is 1. The van der Waals surface area contributed by atoms with Gasteiger partial charge in [0.05, 0.1) is 16.3 Å². The van der Waals surface area contributed by atoms with Crippen LogP contribution in [0.5, 0.6) is 0 Å². The Labute approximate surface area is 88.0 Å². The molecule has 2 aromatic rings. The van der Waals surface area contributed by atoms with E-state index < -0.39 is 0 Å². The van der Waals surface area contributed by atoms with E-state index in [0.717, 1.165) is 10.5 Å². The van der Waals surface area contributed by atoms with Crippen LogP contribution in [0.1, 0.15) is 23.5 Å². The fourth-order valence-corrected chi connectivity index (χ4v) is 2.52. The third-order valence-electron chi connectivity index (χ3n) is 2.44. The molecule has 0 radical (unpaired) electrons. The van der Waals surface area contributed by atoms with Gasteiger partial charge in [0.25, 0.3) is 0 Å². The van der Waals surface area contributed by atoms with Gasteiger partial charge >= 0.3 is 0 Å². The van der Waals surface area contributed by atoms with Crippen molar-refractivity contribution in [2.24, 2.45) is 0 Å². The summed E-state index contributed by atoms with van der Waals surface area (Å²) in [7, 11) is 1.96. The molecule has 0 aliphatic carbocycles. The molecule has 0 fully saturated rings. The van der Waals surface area contributed by atoms with E-state index in [-0.39, 0.29) is 0 Å². The minimum absolute atomic E-state index is 0.340. The Morgan fingerprint density at radius 1 is 1.43 bits per heavy atom. The Hall–Kier alpha value is -0.930. The number of fused-ring (bicyclic) bond motifs is 1. The number of benzene rings is 1. The quantitative estimate of drug-likeness (QED) is 0.817. The topological polar surface area (TPSA) is 24.9 Å². The molecular weight excluding hydrogens is 192 g/mol. The van der Waals surface area contributed by atoms with Gasteiger partial charge in [0.1, 0.15) is 5.01 Å². The molecule has 3 heteroatoms. The summed E-state index contributed by atoms with van der Waals surface area (Å²) < 4.78 is 1.28. The highest BCUT2D eigenvalue weighted by atomic mass is 32.1. The van der Waals surface area contributed by atoms with Crippen LogP contribution < -0.4 is 5.32 Å². The molecule has 1 aromatic carbocycles. The van der Waals surface area contributed by atoms with E-state index >= 15 is 0 Å². The first-order valence-electron chi connectivity index (χ1n) is 4.75. The van der Waals surface area contributed by atoms with Crippen LogP contribution in [0, 0.1) is 6.92 Å². The van der Waals surface area contributed by atoms with E-state index in [0.29, 0.717) is 6.04 Å². The van der Waals surface area contributed by atoms with Gasteiger partial charge in [-0.1, -0.05) is 12.1 Å². The largest absolute Gasteiger partial charge is 0.311 e. The monoisotopic (exact) mass is 206 g/mol. The van der Waals surface area contributed by atoms with Crippen LogP contribution in [0.2, 0.25) is 0 Å². The number of hydrogen-bond donors (Lipinski definition) is 1. The van der Waals surface area contributed by atoms with Crippen LogP contribution in [-0.4, -0.2) is 12.0 Å². The predicted molar refractivity (Wildman–Crippen MR) is 61.8 cm³/mol. The molecule has 14 heavy (non-hydrogen) atoms. The van der Waals surface area contributed by atoms with Crippen molar-refractivity contribution < 1.29 is 0 Å². The van der Waals surface area contributed by atoms with Crippen molar-refractivity contribution in [1.82, 2.24) is 10.3 Å². The zero-order valence-corrected chi connectivity index (χ0v) is 9.48. The average Bonchev–Trinajstić information content (AvgIpc) is 2.62. The Morgan fingerprint density at radius 2 is 2.21 bits per heavy atom. The zero-order chi connectivity index (χ0) is 10.1. The highest BCUT2D eigenvalue weighted by Gasteiger charge is 2.09. The molecule has 1 unspecified atom stereocenters. The SMILES string of the molecule is CNC(C)c1nc2c(C)cccc2s1. The van der Waals surface area contributed by atoms with Crippen molar-refractivity contribution in [2.45, 2.75) is 19.9 Å². The van der Waals surface area contributed by atoms with E-state index in [9.17, 15) is 0 Å². The third-order valence-corrected chi connectivity index (χ3v) is 3.64. The molecule has 0 aliphatic heterocycles. The Bertz CT molecular complexity index is 447. The van der Waals surface area contributed by atoms with Crippen molar-refractivity contribution in [3.05, 3.63) is 28.8 Å². The lowest BCUT2D eigenvalue weighted by molar-refractivity contribution is 0.649. The lowest BCUT2D eigenvalue weighted by atomic mass is 10.2. The lowest BCUT2D eigenvalue weighted by Crippen LogP contribution is -2.11. The van der Waals surface area contributed by atoms with E-state index in [1.54, 1.807) is 11.3 Å². The van der Waals surface area contributed by atoms with Crippen LogP contribution in [0.4, 0.5) is 0 Å². The second-order valence-electron chi connectivity index (χ2n) is 3.48. The number of nitrogens with zero attached hydrogens (tertiary/aromatic N) is 1. The summed E-state index contributed by atoms with van der Waals surface area (Å²) in [4.78, 5) is 4.64. The summed E-state index contributed by atoms with van der Waals surface area (Å²) in [6.45, 7) is 4.24. The molecule has 1 N–H and O–H groups in total. The Balaban J connectivity index is 2.56. The van der Waals surface area contributed by atoms with Crippen molar-refractivity contribution >= 4 is 21.6 Å². The molecule has 1 aromatic heterocycles. The van der Waals surface area contributed by atoms with Gasteiger partial charge in [-0.05, 0) is 32.5 Å². The van der Waals surface area contributed by atoms with Gasteiger partial charge in [-0.15, -0.1) is 11.3 Å². The molecule has 1 heterocycles. The molecule has 0 saturated carbocycles. The van der Waals surface area contributed by atoms with Gasteiger partial charge in [-0.25, -0.2) is 4.98 Å². The summed E-state index contributed by atoms with van der Waals surface area (Å²) >= 11 is 1.77. The summed E-state index contributed by atoms with van der Waals surface area (Å²) in [6, 6.07) is 6.66. The minimum atomic E-state index is 0.340. The van der Waals surface area contributed by atoms with Crippen molar-refractivity contribution in [2.75, 3.05) is 7.05 Å². The molecule has 0 aliphatic rings. The molecular formula is C11H14N2S. The maximum atomic E-state index is 4.64. The fraction of sp³-hybridized carbons (Fsp3) is 0.364. The zero-order valence-electron chi connectivity index (χ0n) is 8.66. The van der Waals surface area contributed by atoms with Crippen molar-refractivity contribution in [3.8, 4) is 0 Å². The van der Waals surface area contributed by atoms with E-state index in [2.05, 4.69) is 42.3 Å². The number of aromatic nitrogens is 1. The summed E-state index contributed by atoms with van der Waals surface area (Å²) in [5, 5.41) is 4.37. The number of para-hydroxylation sites is 1. The van der Waals surface area contributed by atoms with Gasteiger partial charge in [-0.3, -0.25) is 0 Å². The highest BCUT2D eigenvalue weighted by molar-refractivity contribution is 7.18. The number of rotatable bonds is 2. The summed E-state index contributed by atoms with van der Waals surface area (Å²) in [5.74, 6) is 0. The fourth-order valence-electron chi connectivity index (χ4n) is 1.41. The predicted octanol–water partition coefficient (Wildman–Crippen LogP) is 2.89. The minimum Gasteiger partial charge on any atom is -0.311 e. The Morgan fingerprint density at radius 3 is 2.86 bits per heavy atom. The number of aryl methyl sites for hydroxylation is 1. The molecule has 1 atom stereocenters. The number of thiazole rings is 1.